The summed E-state index contributed by atoms with van der Waals surface area (Å²) in [7, 11) is 0. The van der Waals surface area contributed by atoms with Gasteiger partial charge in [-0.1, -0.05) is 146 Å². The summed E-state index contributed by atoms with van der Waals surface area (Å²) in [6, 6.07) is 92.6. The monoisotopic (exact) mass is 1250 g/mol. The fourth-order valence-corrected chi connectivity index (χ4v) is 12.1. The van der Waals surface area contributed by atoms with Gasteiger partial charge in [0.2, 0.25) is 0 Å². The molecule has 0 aliphatic rings. The molecule has 0 amide bonds. The van der Waals surface area contributed by atoms with Crippen molar-refractivity contribution in [2.24, 2.45) is 0 Å². The van der Waals surface area contributed by atoms with Crippen LogP contribution in [0, 0.1) is 31.9 Å². The van der Waals surface area contributed by atoms with Gasteiger partial charge in [0.05, 0.1) is 0 Å². The van der Waals surface area contributed by atoms with Crippen LogP contribution in [0.3, 0.4) is 0 Å². The molecule has 4 aromatic heterocycles. The summed E-state index contributed by atoms with van der Waals surface area (Å²) in [6.07, 6.45) is 5.27. The summed E-state index contributed by atoms with van der Waals surface area (Å²) in [4.78, 5) is 14.9. The molecule has 0 N–H and O–H groups in total. The molecule has 0 bridgehead atoms. The van der Waals surface area contributed by atoms with Gasteiger partial charge in [-0.25, -0.2) is 0 Å². The first-order valence-electron chi connectivity index (χ1n) is 29.8. The molecule has 0 aliphatic carbocycles. The number of aromatic nitrogens is 3. The number of fused-ring (bicyclic) bond motifs is 3. The molecular weight excluding hydrogens is 1190 g/mol. The van der Waals surface area contributed by atoms with Crippen LogP contribution in [0.5, 0.6) is 0 Å². The average molecular weight is 1250 g/mol. The molecule has 14 aromatic rings. The van der Waals surface area contributed by atoms with E-state index in [0.717, 1.165) is 92.6 Å². The summed E-state index contributed by atoms with van der Waals surface area (Å²) in [5.74, 6) is 0. The zero-order valence-corrected chi connectivity index (χ0v) is 47.2. The van der Waals surface area contributed by atoms with Crippen molar-refractivity contribution in [3.05, 3.63) is 297 Å². The Bertz CT molecular complexity index is 4710. The number of hydrogen-bond acceptors (Lipinski definition) is 4. The van der Waals surface area contributed by atoms with E-state index in [1.165, 1.54) is 5.56 Å². The molecule has 3 nitrogen and oxygen atoms in total. The Hall–Kier alpha value is -9.48. The second kappa shape index (κ2) is 22.6. The molecule has 4 heterocycles. The summed E-state index contributed by atoms with van der Waals surface area (Å²) in [6.45, 7) is -5.00. The second-order valence-electron chi connectivity index (χ2n) is 20.0. The summed E-state index contributed by atoms with van der Waals surface area (Å²) in [5, 5.41) is 2.27. The van der Waals surface area contributed by atoms with Crippen molar-refractivity contribution in [2.45, 2.75) is 13.7 Å². The number of thiophene rings is 1. The van der Waals surface area contributed by atoms with Crippen LogP contribution < -0.4 is 0 Å². The van der Waals surface area contributed by atoms with Gasteiger partial charge < -0.3 is 15.0 Å². The van der Waals surface area contributed by atoms with Gasteiger partial charge in [0.15, 0.2) is 0 Å². The van der Waals surface area contributed by atoms with Crippen LogP contribution in [-0.4, -0.2) is 15.0 Å². The van der Waals surface area contributed by atoms with Crippen molar-refractivity contribution in [3.8, 4) is 123 Å². The molecule has 82 heavy (non-hydrogen) atoms. The van der Waals surface area contributed by atoms with E-state index in [1.54, 1.807) is 48.0 Å². The standard InChI is InChI=1S/C77H50N3S.Ir/c1-50-39-74(55-21-8-4-9-22-55)79-48-71(50)65-29-14-12-27-63(65)60-42-61(64-28-13-15-30-66(64)72-49-80-75(40-51(72)2)56-23-10-5-11-24-56)44-62(43-60)69-46-77-70(67-31-16-17-32-76(67)81-77)45-68(69)59-37-38-73(78-47-59)58-26-18-25-57(41-58)54-35-33-53(34-36-54)52-19-6-3-7-20-52;/h3-21,23,25,27-49H,1-2H3;/q-3;+3/i1D3,2D3;. The molecule has 388 valence electrons. The van der Waals surface area contributed by atoms with Gasteiger partial charge in [-0.05, 0) is 151 Å². The molecule has 0 spiro atoms. The number of hydrogen-bond donors (Lipinski definition) is 0. The third-order valence-corrected chi connectivity index (χ3v) is 16.2. The van der Waals surface area contributed by atoms with Crippen molar-refractivity contribution in [1.29, 1.82) is 0 Å². The van der Waals surface area contributed by atoms with Gasteiger partial charge in [0, 0.05) is 58.1 Å². The average Bonchev–Trinajstić information content (AvgIpc) is 2.26. The molecule has 0 fully saturated rings. The van der Waals surface area contributed by atoms with Gasteiger partial charge in [-0.2, -0.15) is 0 Å². The minimum Gasteiger partial charge on any atom is -0.304 e. The largest absolute Gasteiger partial charge is 3.00 e. The molecule has 0 atom stereocenters. The molecule has 0 radical (unpaired) electrons. The minimum atomic E-state index is -2.50. The SMILES string of the molecule is [2H]C([2H])([2H])c1cc(-c2[c-]cccc2)ncc1-c1ccccc1-c1cc(-c2cc3sc4ccccc4c3cc2-c2ccc(-c3[c-]ccc(-c4ccc(-c5ccccc5)cc4)c3)nc2)cc(-c2ccccc2-c2cnc(-c3[c-]cccc3)cc2C([2H])([2H])[2H])c1.[Ir+3]. The van der Waals surface area contributed by atoms with Crippen molar-refractivity contribution >= 4 is 31.5 Å². The third-order valence-electron chi connectivity index (χ3n) is 15.1. The maximum Gasteiger partial charge on any atom is 3.00 e. The number of benzene rings is 10. The molecule has 14 rings (SSSR count). The van der Waals surface area contributed by atoms with Crippen molar-refractivity contribution in [2.75, 3.05) is 0 Å². The molecule has 10 aromatic carbocycles. The first kappa shape index (κ1) is 45.3. The molecule has 5 heteroatoms. The number of aryl methyl sites for hydroxylation is 2. The van der Waals surface area contributed by atoms with E-state index < -0.39 is 13.7 Å². The van der Waals surface area contributed by atoms with Crippen LogP contribution in [0.25, 0.3) is 143 Å². The fourth-order valence-electron chi connectivity index (χ4n) is 11.0. The van der Waals surface area contributed by atoms with E-state index in [2.05, 4.69) is 146 Å². The van der Waals surface area contributed by atoms with Crippen molar-refractivity contribution in [3.63, 3.8) is 0 Å². The maximum atomic E-state index is 8.91. The van der Waals surface area contributed by atoms with E-state index in [-0.39, 0.29) is 31.2 Å². The Labute approximate surface area is 504 Å². The van der Waals surface area contributed by atoms with Crippen LogP contribution in [0.2, 0.25) is 0 Å². The molecule has 0 saturated heterocycles. The Balaban J connectivity index is 0.00000714. The fraction of sp³-hybridized carbons (Fsp3) is 0.0260. The topological polar surface area (TPSA) is 38.7 Å². The van der Waals surface area contributed by atoms with Crippen molar-refractivity contribution < 1.29 is 28.3 Å². The summed E-state index contributed by atoms with van der Waals surface area (Å²) < 4.78 is 55.7. The Morgan fingerprint density at radius 1 is 0.305 bits per heavy atom. The Morgan fingerprint density at radius 3 is 1.39 bits per heavy atom. The van der Waals surface area contributed by atoms with Gasteiger partial charge in [0.25, 0.3) is 0 Å². The normalized spacial score (nSPS) is 12.6. The zero-order valence-electron chi connectivity index (χ0n) is 50.0. The predicted octanol–water partition coefficient (Wildman–Crippen LogP) is 20.6. The van der Waals surface area contributed by atoms with E-state index >= 15 is 0 Å². The number of pyridine rings is 3. The molecule has 0 aliphatic heterocycles. The smallest absolute Gasteiger partial charge is 0.304 e. The summed E-state index contributed by atoms with van der Waals surface area (Å²) in [5.41, 5.74) is 18.0. The van der Waals surface area contributed by atoms with Crippen LogP contribution in [0.15, 0.2) is 267 Å². The van der Waals surface area contributed by atoms with Gasteiger partial charge in [0.1, 0.15) is 0 Å². The summed E-state index contributed by atoms with van der Waals surface area (Å²) >= 11 is 1.74. The predicted molar refractivity (Wildman–Crippen MR) is 338 cm³/mol. The second-order valence-corrected chi connectivity index (χ2v) is 21.1. The van der Waals surface area contributed by atoms with Crippen molar-refractivity contribution in [1.82, 2.24) is 15.0 Å². The minimum absolute atomic E-state index is 0. The first-order chi connectivity index (χ1) is 42.4. The third kappa shape index (κ3) is 10.1. The Kier molecular flexibility index (Phi) is 12.5. The number of nitrogens with zero attached hydrogens (tertiary/aromatic N) is 3. The van der Waals surface area contributed by atoms with E-state index in [4.69, 9.17) is 23.2 Å². The van der Waals surface area contributed by atoms with Gasteiger partial charge in [-0.15, -0.1) is 119 Å². The van der Waals surface area contributed by atoms with E-state index in [1.807, 2.05) is 103 Å². The molecule has 0 unspecified atom stereocenters. The first-order valence-corrected chi connectivity index (χ1v) is 27.6. The molecule has 0 saturated carbocycles. The Morgan fingerprint density at radius 2 is 0.805 bits per heavy atom. The van der Waals surface area contributed by atoms with Crippen LogP contribution in [0.1, 0.15) is 19.4 Å². The van der Waals surface area contributed by atoms with E-state index in [0.29, 0.717) is 44.8 Å². The van der Waals surface area contributed by atoms with Gasteiger partial charge >= 0.3 is 20.1 Å². The maximum absolute atomic E-state index is 8.91. The molecular formula is C77H50IrN3S. The van der Waals surface area contributed by atoms with Crippen LogP contribution >= 0.6 is 11.3 Å². The van der Waals surface area contributed by atoms with Gasteiger partial charge in [-0.3, -0.25) is 0 Å². The quantitative estimate of drug-likeness (QED) is 0.121. The van der Waals surface area contributed by atoms with Crippen LogP contribution in [-0.2, 0) is 20.1 Å². The van der Waals surface area contributed by atoms with E-state index in [9.17, 15) is 0 Å². The zero-order chi connectivity index (χ0) is 59.2. The van der Waals surface area contributed by atoms with Crippen LogP contribution in [0.4, 0.5) is 0 Å². The number of rotatable bonds is 11.